The number of piperidine rings is 1. The van der Waals surface area contributed by atoms with Gasteiger partial charge in [0.15, 0.2) is 0 Å². The van der Waals surface area contributed by atoms with Gasteiger partial charge in [0.1, 0.15) is 0 Å². The summed E-state index contributed by atoms with van der Waals surface area (Å²) in [7, 11) is 0. The van der Waals surface area contributed by atoms with Crippen molar-refractivity contribution in [1.29, 1.82) is 0 Å². The molecule has 1 saturated heterocycles. The van der Waals surface area contributed by atoms with Gasteiger partial charge < -0.3 is 11.1 Å². The van der Waals surface area contributed by atoms with Crippen LogP contribution in [0.2, 0.25) is 0 Å². The second-order valence-corrected chi connectivity index (χ2v) is 3.54. The van der Waals surface area contributed by atoms with Crippen molar-refractivity contribution in [2.75, 3.05) is 13.1 Å². The molecule has 3 N–H and O–H groups in total. The van der Waals surface area contributed by atoms with E-state index in [2.05, 4.69) is 12.2 Å². The van der Waals surface area contributed by atoms with Gasteiger partial charge in [-0.15, -0.1) is 0 Å². The summed E-state index contributed by atoms with van der Waals surface area (Å²) >= 11 is 0. The number of nitrogens with one attached hydrogen (secondary N) is 1. The first kappa shape index (κ1) is 9.01. The van der Waals surface area contributed by atoms with E-state index in [1.807, 2.05) is 0 Å². The molecule has 1 atom stereocenters. The number of nitrogens with two attached hydrogens (primary N) is 1. The monoisotopic (exact) mass is 156 g/mol. The molecular weight excluding hydrogens is 136 g/mol. The Kier molecular flexibility index (Phi) is 3.87. The van der Waals surface area contributed by atoms with E-state index in [-0.39, 0.29) is 0 Å². The first-order valence-electron chi connectivity index (χ1n) is 4.81. The summed E-state index contributed by atoms with van der Waals surface area (Å²) < 4.78 is 0. The molecule has 1 heterocycles. The lowest BCUT2D eigenvalue weighted by atomic mass is 9.88. The third-order valence-electron chi connectivity index (χ3n) is 2.61. The van der Waals surface area contributed by atoms with E-state index in [0.717, 1.165) is 5.92 Å². The smallest absolute Gasteiger partial charge is 0.00680 e. The second kappa shape index (κ2) is 4.73. The van der Waals surface area contributed by atoms with E-state index in [4.69, 9.17) is 5.73 Å². The molecule has 0 radical (unpaired) electrons. The molecule has 1 aliphatic rings. The van der Waals surface area contributed by atoms with Crippen molar-refractivity contribution in [2.45, 2.75) is 38.6 Å². The second-order valence-electron chi connectivity index (χ2n) is 3.54. The summed E-state index contributed by atoms with van der Waals surface area (Å²) in [4.78, 5) is 0. The fourth-order valence-corrected chi connectivity index (χ4v) is 1.84. The van der Waals surface area contributed by atoms with Crippen LogP contribution in [0.5, 0.6) is 0 Å². The fourth-order valence-electron chi connectivity index (χ4n) is 1.84. The molecular formula is C9H20N2. The molecule has 1 rings (SSSR count). The maximum atomic E-state index is 6.03. The lowest BCUT2D eigenvalue weighted by Crippen LogP contribution is -2.38. The Balaban J connectivity index is 2.21. The molecule has 1 fully saturated rings. The zero-order chi connectivity index (χ0) is 8.10. The molecule has 0 aromatic heterocycles. The highest BCUT2D eigenvalue weighted by Gasteiger charge is 2.18. The Morgan fingerprint density at radius 1 is 1.45 bits per heavy atom. The minimum atomic E-state index is 0.460. The molecule has 0 spiro atoms. The van der Waals surface area contributed by atoms with E-state index in [0.29, 0.717) is 6.04 Å². The van der Waals surface area contributed by atoms with E-state index >= 15 is 0 Å². The first-order valence-corrected chi connectivity index (χ1v) is 4.81. The van der Waals surface area contributed by atoms with E-state index in [1.165, 1.54) is 38.8 Å². The Bertz CT molecular complexity index is 97.7. The van der Waals surface area contributed by atoms with Crippen molar-refractivity contribution in [2.24, 2.45) is 11.7 Å². The lowest BCUT2D eigenvalue weighted by molar-refractivity contribution is 0.306. The predicted molar refractivity (Wildman–Crippen MR) is 48.5 cm³/mol. The average molecular weight is 156 g/mol. The number of hydrogen-bond acceptors (Lipinski definition) is 2. The molecule has 0 bridgehead atoms. The molecule has 2 heteroatoms. The highest BCUT2D eigenvalue weighted by Crippen LogP contribution is 2.17. The number of hydrogen-bond donors (Lipinski definition) is 2. The molecule has 0 aromatic carbocycles. The third kappa shape index (κ3) is 2.80. The van der Waals surface area contributed by atoms with Gasteiger partial charge in [0, 0.05) is 6.04 Å². The van der Waals surface area contributed by atoms with Gasteiger partial charge in [0.25, 0.3) is 0 Å². The molecule has 11 heavy (non-hydrogen) atoms. The van der Waals surface area contributed by atoms with Gasteiger partial charge in [-0.1, -0.05) is 13.3 Å². The van der Waals surface area contributed by atoms with Gasteiger partial charge in [0.05, 0.1) is 0 Å². The average Bonchev–Trinajstić information content (AvgIpc) is 2.07. The summed E-state index contributed by atoms with van der Waals surface area (Å²) in [6, 6.07) is 0.460. The van der Waals surface area contributed by atoms with Crippen LogP contribution in [0.3, 0.4) is 0 Å². The Morgan fingerprint density at radius 3 is 2.64 bits per heavy atom. The molecule has 66 valence electrons. The molecule has 0 aliphatic carbocycles. The summed E-state index contributed by atoms with van der Waals surface area (Å²) in [6.07, 6.45) is 4.98. The van der Waals surface area contributed by atoms with Crippen molar-refractivity contribution in [3.63, 3.8) is 0 Å². The maximum Gasteiger partial charge on any atom is 0.00680 e. The van der Waals surface area contributed by atoms with Crippen LogP contribution in [-0.4, -0.2) is 19.1 Å². The summed E-state index contributed by atoms with van der Waals surface area (Å²) in [5.41, 5.74) is 6.03. The highest BCUT2D eigenvalue weighted by molar-refractivity contribution is 4.77. The van der Waals surface area contributed by atoms with Crippen LogP contribution in [-0.2, 0) is 0 Å². The van der Waals surface area contributed by atoms with Gasteiger partial charge in [-0.25, -0.2) is 0 Å². The normalized spacial score (nSPS) is 23.5. The standard InChI is InChI=1S/C9H20N2/c1-2-3-9(10)8-4-6-11-7-5-8/h8-9,11H,2-7,10H2,1H3. The highest BCUT2D eigenvalue weighted by atomic mass is 14.9. The molecule has 1 aliphatic heterocycles. The Labute approximate surface area is 69.5 Å². The van der Waals surface area contributed by atoms with Crippen LogP contribution >= 0.6 is 0 Å². The Hall–Kier alpha value is -0.0800. The van der Waals surface area contributed by atoms with Crippen molar-refractivity contribution < 1.29 is 0 Å². The van der Waals surface area contributed by atoms with Crippen molar-refractivity contribution in [3.8, 4) is 0 Å². The molecule has 0 saturated carbocycles. The predicted octanol–water partition coefficient (Wildman–Crippen LogP) is 1.11. The summed E-state index contributed by atoms with van der Waals surface area (Å²) in [5, 5.41) is 3.36. The van der Waals surface area contributed by atoms with Crippen LogP contribution in [0.4, 0.5) is 0 Å². The quantitative estimate of drug-likeness (QED) is 0.642. The minimum Gasteiger partial charge on any atom is -0.327 e. The molecule has 0 aromatic rings. The molecule has 1 unspecified atom stereocenters. The van der Waals surface area contributed by atoms with Crippen molar-refractivity contribution >= 4 is 0 Å². The van der Waals surface area contributed by atoms with Gasteiger partial charge >= 0.3 is 0 Å². The minimum absolute atomic E-state index is 0.460. The van der Waals surface area contributed by atoms with E-state index in [1.54, 1.807) is 0 Å². The van der Waals surface area contributed by atoms with Gasteiger partial charge in [0.2, 0.25) is 0 Å². The largest absolute Gasteiger partial charge is 0.327 e. The maximum absolute atomic E-state index is 6.03. The third-order valence-corrected chi connectivity index (χ3v) is 2.61. The summed E-state index contributed by atoms with van der Waals surface area (Å²) in [5.74, 6) is 0.788. The molecule has 2 nitrogen and oxygen atoms in total. The van der Waals surface area contributed by atoms with Crippen LogP contribution in [0.1, 0.15) is 32.6 Å². The van der Waals surface area contributed by atoms with E-state index < -0.39 is 0 Å². The van der Waals surface area contributed by atoms with Crippen molar-refractivity contribution in [3.05, 3.63) is 0 Å². The summed E-state index contributed by atoms with van der Waals surface area (Å²) in [6.45, 7) is 4.55. The molecule has 0 amide bonds. The number of rotatable bonds is 3. The van der Waals surface area contributed by atoms with Crippen molar-refractivity contribution in [1.82, 2.24) is 5.32 Å². The SMILES string of the molecule is CCCC(N)C1CCNCC1. The van der Waals surface area contributed by atoms with Crippen LogP contribution in [0.25, 0.3) is 0 Å². The van der Waals surface area contributed by atoms with Gasteiger partial charge in [-0.2, -0.15) is 0 Å². The lowest BCUT2D eigenvalue weighted by Gasteiger charge is -2.27. The van der Waals surface area contributed by atoms with Crippen LogP contribution in [0.15, 0.2) is 0 Å². The van der Waals surface area contributed by atoms with Gasteiger partial charge in [-0.3, -0.25) is 0 Å². The fraction of sp³-hybridized carbons (Fsp3) is 1.00. The first-order chi connectivity index (χ1) is 5.34. The van der Waals surface area contributed by atoms with Crippen LogP contribution in [0, 0.1) is 5.92 Å². The zero-order valence-corrected chi connectivity index (χ0v) is 7.47. The van der Waals surface area contributed by atoms with E-state index in [9.17, 15) is 0 Å². The van der Waals surface area contributed by atoms with Crippen LogP contribution < -0.4 is 11.1 Å². The zero-order valence-electron chi connectivity index (χ0n) is 7.47. The Morgan fingerprint density at radius 2 is 2.09 bits per heavy atom. The van der Waals surface area contributed by atoms with Gasteiger partial charge in [-0.05, 0) is 38.3 Å². The topological polar surface area (TPSA) is 38.0 Å².